The van der Waals surface area contributed by atoms with Gasteiger partial charge in [-0.1, -0.05) is 34.8 Å². The highest BCUT2D eigenvalue weighted by Gasteiger charge is 2.17. The molecule has 0 aliphatic carbocycles. The number of nitrogens with one attached hydrogen (secondary N) is 1. The standard InChI is InChI=1S/C14H8Cl3N3OS/c1-6-19-9-3-2-7(4-10(9)22-6)20-14(21)13-12(17)11(16)8(15)5-18-13/h2-5H,1H3,(H,20,21). The monoisotopic (exact) mass is 371 g/mol. The molecule has 0 saturated carbocycles. The molecule has 0 spiro atoms. The van der Waals surface area contributed by atoms with Gasteiger partial charge in [-0.2, -0.15) is 0 Å². The summed E-state index contributed by atoms with van der Waals surface area (Å²) >= 11 is 19.3. The van der Waals surface area contributed by atoms with E-state index in [1.807, 2.05) is 19.1 Å². The van der Waals surface area contributed by atoms with Crippen LogP contribution in [-0.2, 0) is 0 Å². The van der Waals surface area contributed by atoms with Gasteiger partial charge >= 0.3 is 0 Å². The fraction of sp³-hybridized carbons (Fsp3) is 0.0714. The van der Waals surface area contributed by atoms with Gasteiger partial charge in [-0.05, 0) is 25.1 Å². The third-order valence-corrected chi connectivity index (χ3v) is 5.06. The lowest BCUT2D eigenvalue weighted by molar-refractivity contribution is 0.102. The van der Waals surface area contributed by atoms with Crippen LogP contribution in [0.3, 0.4) is 0 Å². The van der Waals surface area contributed by atoms with E-state index in [0.717, 1.165) is 15.2 Å². The van der Waals surface area contributed by atoms with Gasteiger partial charge in [0.1, 0.15) is 5.69 Å². The van der Waals surface area contributed by atoms with Crippen LogP contribution in [0, 0.1) is 6.92 Å². The van der Waals surface area contributed by atoms with Crippen molar-refractivity contribution in [1.82, 2.24) is 9.97 Å². The van der Waals surface area contributed by atoms with E-state index < -0.39 is 5.91 Å². The van der Waals surface area contributed by atoms with Crippen molar-refractivity contribution < 1.29 is 4.79 Å². The molecule has 2 heterocycles. The lowest BCUT2D eigenvalue weighted by Crippen LogP contribution is -2.14. The topological polar surface area (TPSA) is 54.9 Å². The number of benzene rings is 1. The number of amides is 1. The van der Waals surface area contributed by atoms with Crippen molar-refractivity contribution in [3.05, 3.63) is 50.2 Å². The minimum absolute atomic E-state index is 0.0247. The number of rotatable bonds is 2. The predicted molar refractivity (Wildman–Crippen MR) is 91.6 cm³/mol. The molecule has 0 unspecified atom stereocenters. The smallest absolute Gasteiger partial charge is 0.275 e. The highest BCUT2D eigenvalue weighted by molar-refractivity contribution is 7.18. The van der Waals surface area contributed by atoms with Crippen molar-refractivity contribution in [2.24, 2.45) is 0 Å². The lowest BCUT2D eigenvalue weighted by Gasteiger charge is -2.07. The number of hydrogen-bond donors (Lipinski definition) is 1. The van der Waals surface area contributed by atoms with Crippen LogP contribution in [0.15, 0.2) is 24.4 Å². The Morgan fingerprint density at radius 2 is 2.00 bits per heavy atom. The van der Waals surface area contributed by atoms with Gasteiger partial charge in [0.05, 0.1) is 30.3 Å². The van der Waals surface area contributed by atoms with Gasteiger partial charge in [-0.3, -0.25) is 4.79 Å². The van der Waals surface area contributed by atoms with E-state index in [1.165, 1.54) is 6.20 Å². The SMILES string of the molecule is Cc1nc2ccc(NC(=O)c3ncc(Cl)c(Cl)c3Cl)cc2s1. The van der Waals surface area contributed by atoms with E-state index in [1.54, 1.807) is 17.4 Å². The Bertz CT molecular complexity index is 894. The molecular weight excluding hydrogens is 365 g/mol. The van der Waals surface area contributed by atoms with Crippen LogP contribution in [0.25, 0.3) is 10.2 Å². The minimum atomic E-state index is -0.454. The fourth-order valence-electron chi connectivity index (χ4n) is 1.91. The molecule has 0 fully saturated rings. The number of nitrogens with zero attached hydrogens (tertiary/aromatic N) is 2. The van der Waals surface area contributed by atoms with Gasteiger partial charge in [0.15, 0.2) is 0 Å². The number of carbonyl (C=O) groups is 1. The molecule has 3 aromatic rings. The summed E-state index contributed by atoms with van der Waals surface area (Å²) in [4.78, 5) is 20.6. The van der Waals surface area contributed by atoms with Crippen molar-refractivity contribution in [3.8, 4) is 0 Å². The third-order valence-electron chi connectivity index (χ3n) is 2.89. The molecule has 0 aliphatic rings. The maximum absolute atomic E-state index is 12.3. The van der Waals surface area contributed by atoms with E-state index in [2.05, 4.69) is 15.3 Å². The van der Waals surface area contributed by atoms with Gasteiger partial charge < -0.3 is 5.32 Å². The average molecular weight is 373 g/mol. The van der Waals surface area contributed by atoms with Crippen molar-refractivity contribution in [3.63, 3.8) is 0 Å². The van der Waals surface area contributed by atoms with Crippen LogP contribution >= 0.6 is 46.1 Å². The van der Waals surface area contributed by atoms with E-state index >= 15 is 0 Å². The number of carbonyl (C=O) groups excluding carboxylic acids is 1. The molecule has 1 aromatic carbocycles. The Morgan fingerprint density at radius 3 is 2.77 bits per heavy atom. The normalized spacial score (nSPS) is 10.9. The molecule has 2 aromatic heterocycles. The van der Waals surface area contributed by atoms with E-state index in [9.17, 15) is 4.79 Å². The number of aromatic nitrogens is 2. The zero-order valence-corrected chi connectivity index (χ0v) is 14.2. The zero-order chi connectivity index (χ0) is 15.9. The Kier molecular flexibility index (Phi) is 4.23. The molecule has 0 atom stereocenters. The first kappa shape index (κ1) is 15.5. The average Bonchev–Trinajstić information content (AvgIpc) is 2.84. The number of anilines is 1. The third kappa shape index (κ3) is 2.90. The summed E-state index contributed by atoms with van der Waals surface area (Å²) in [5.74, 6) is -0.454. The fourth-order valence-corrected chi connectivity index (χ4v) is 3.34. The van der Waals surface area contributed by atoms with E-state index in [4.69, 9.17) is 34.8 Å². The minimum Gasteiger partial charge on any atom is -0.321 e. The number of halogens is 3. The summed E-state index contributed by atoms with van der Waals surface area (Å²) in [6.07, 6.45) is 1.29. The molecule has 0 radical (unpaired) electrons. The van der Waals surface area contributed by atoms with Crippen LogP contribution < -0.4 is 5.32 Å². The van der Waals surface area contributed by atoms with Crippen molar-refractivity contribution in [2.45, 2.75) is 6.92 Å². The molecule has 4 nitrogen and oxygen atoms in total. The quantitative estimate of drug-likeness (QED) is 0.671. The van der Waals surface area contributed by atoms with Gasteiger partial charge in [0.25, 0.3) is 5.91 Å². The first-order valence-corrected chi connectivity index (χ1v) is 8.09. The Morgan fingerprint density at radius 1 is 1.23 bits per heavy atom. The number of hydrogen-bond acceptors (Lipinski definition) is 4. The molecule has 3 rings (SSSR count). The van der Waals surface area contributed by atoms with Crippen LogP contribution in [-0.4, -0.2) is 15.9 Å². The number of thiazole rings is 1. The molecule has 1 amide bonds. The molecular formula is C14H8Cl3N3OS. The zero-order valence-electron chi connectivity index (χ0n) is 11.2. The van der Waals surface area contributed by atoms with Crippen molar-refractivity contribution in [2.75, 3.05) is 5.32 Å². The van der Waals surface area contributed by atoms with Crippen LogP contribution in [0.4, 0.5) is 5.69 Å². The molecule has 8 heteroatoms. The summed E-state index contributed by atoms with van der Waals surface area (Å²) < 4.78 is 0.989. The van der Waals surface area contributed by atoms with Gasteiger partial charge in [0.2, 0.25) is 0 Å². The summed E-state index contributed by atoms with van der Waals surface area (Å²) in [6.45, 7) is 1.93. The Balaban J connectivity index is 1.91. The summed E-state index contributed by atoms with van der Waals surface area (Å²) in [5, 5.41) is 4.04. The summed E-state index contributed by atoms with van der Waals surface area (Å²) in [6, 6.07) is 5.46. The van der Waals surface area contributed by atoms with Crippen molar-refractivity contribution >= 4 is 68.0 Å². The van der Waals surface area contributed by atoms with Crippen LogP contribution in [0.2, 0.25) is 15.1 Å². The largest absolute Gasteiger partial charge is 0.321 e. The molecule has 0 aliphatic heterocycles. The second kappa shape index (κ2) is 6.01. The second-order valence-electron chi connectivity index (χ2n) is 4.45. The van der Waals surface area contributed by atoms with Gasteiger partial charge in [0, 0.05) is 11.9 Å². The lowest BCUT2D eigenvalue weighted by atomic mass is 10.2. The number of pyridine rings is 1. The molecule has 112 valence electrons. The Hall–Kier alpha value is -1.40. The van der Waals surface area contributed by atoms with E-state index in [0.29, 0.717) is 5.69 Å². The maximum atomic E-state index is 12.3. The van der Waals surface area contributed by atoms with Crippen molar-refractivity contribution in [1.29, 1.82) is 0 Å². The van der Waals surface area contributed by atoms with Gasteiger partial charge in [-0.25, -0.2) is 9.97 Å². The predicted octanol–water partition coefficient (Wildman–Crippen LogP) is 5.21. The number of fused-ring (bicyclic) bond motifs is 1. The highest BCUT2D eigenvalue weighted by atomic mass is 35.5. The highest BCUT2D eigenvalue weighted by Crippen LogP contribution is 2.31. The van der Waals surface area contributed by atoms with Crippen LogP contribution in [0.5, 0.6) is 0 Å². The van der Waals surface area contributed by atoms with Crippen LogP contribution in [0.1, 0.15) is 15.5 Å². The maximum Gasteiger partial charge on any atom is 0.275 e. The molecule has 0 bridgehead atoms. The van der Waals surface area contributed by atoms with Gasteiger partial charge in [-0.15, -0.1) is 11.3 Å². The van der Waals surface area contributed by atoms with E-state index in [-0.39, 0.29) is 20.8 Å². The Labute approximate surface area is 145 Å². The molecule has 0 saturated heterocycles. The molecule has 1 N–H and O–H groups in total. The summed E-state index contributed by atoms with van der Waals surface area (Å²) in [5.41, 5.74) is 1.55. The first-order valence-electron chi connectivity index (χ1n) is 6.14. The first-order chi connectivity index (χ1) is 10.5. The summed E-state index contributed by atoms with van der Waals surface area (Å²) in [7, 11) is 0. The number of aryl methyl sites for hydroxylation is 1. The molecule has 22 heavy (non-hydrogen) atoms. The second-order valence-corrected chi connectivity index (χ2v) is 6.85.